The van der Waals surface area contributed by atoms with Gasteiger partial charge < -0.3 is 10.1 Å². The van der Waals surface area contributed by atoms with E-state index >= 15 is 0 Å². The molecule has 1 aliphatic heterocycles. The summed E-state index contributed by atoms with van der Waals surface area (Å²) in [6, 6.07) is 9.56. The predicted molar refractivity (Wildman–Crippen MR) is 83.0 cm³/mol. The van der Waals surface area contributed by atoms with E-state index in [4.69, 9.17) is 4.74 Å². The molecule has 1 fully saturated rings. The van der Waals surface area contributed by atoms with Crippen LogP contribution >= 0.6 is 0 Å². The number of hydrogen-bond acceptors (Lipinski definition) is 2. The third-order valence-corrected chi connectivity index (χ3v) is 5.12. The van der Waals surface area contributed by atoms with Crippen LogP contribution in [0.5, 0.6) is 5.75 Å². The first-order valence-electron chi connectivity index (χ1n) is 8.23. The van der Waals surface area contributed by atoms with E-state index < -0.39 is 0 Å². The fourth-order valence-electron chi connectivity index (χ4n) is 3.80. The molecule has 0 amide bonds. The number of fused-ring (bicyclic) bond motifs is 1. The lowest BCUT2D eigenvalue weighted by atomic mass is 9.83. The Labute approximate surface area is 122 Å². The summed E-state index contributed by atoms with van der Waals surface area (Å²) in [6.07, 6.45) is 7.05. The van der Waals surface area contributed by atoms with E-state index in [-0.39, 0.29) is 0 Å². The van der Waals surface area contributed by atoms with E-state index in [2.05, 4.69) is 43.4 Å². The van der Waals surface area contributed by atoms with Gasteiger partial charge in [0.1, 0.15) is 5.75 Å². The first-order valence-corrected chi connectivity index (χ1v) is 8.23. The number of benzene rings is 1. The molecule has 1 saturated carbocycles. The Morgan fingerprint density at radius 3 is 2.70 bits per heavy atom. The summed E-state index contributed by atoms with van der Waals surface area (Å²) < 4.78 is 5.85. The van der Waals surface area contributed by atoms with Gasteiger partial charge >= 0.3 is 0 Å². The molecule has 0 aromatic heterocycles. The molecular formula is C18H27NO. The average molecular weight is 273 g/mol. The molecule has 2 aliphatic rings. The minimum atomic E-state index is 0.442. The largest absolute Gasteiger partial charge is 0.493 e. The van der Waals surface area contributed by atoms with Gasteiger partial charge in [-0.25, -0.2) is 0 Å². The van der Waals surface area contributed by atoms with Crippen LogP contribution in [0.15, 0.2) is 24.3 Å². The Morgan fingerprint density at radius 2 is 1.90 bits per heavy atom. The molecule has 0 bridgehead atoms. The molecule has 0 spiro atoms. The van der Waals surface area contributed by atoms with Crippen LogP contribution < -0.4 is 10.1 Å². The van der Waals surface area contributed by atoms with Crippen LogP contribution in [0.2, 0.25) is 0 Å². The summed E-state index contributed by atoms with van der Waals surface area (Å²) in [7, 11) is 0. The molecule has 1 heterocycles. The lowest BCUT2D eigenvalue weighted by molar-refractivity contribution is 0.165. The Balaban J connectivity index is 1.72. The van der Waals surface area contributed by atoms with Crippen molar-refractivity contribution in [2.24, 2.45) is 11.8 Å². The van der Waals surface area contributed by atoms with Crippen molar-refractivity contribution in [3.8, 4) is 5.75 Å². The molecule has 1 aliphatic carbocycles. The van der Waals surface area contributed by atoms with Gasteiger partial charge in [0.15, 0.2) is 0 Å². The van der Waals surface area contributed by atoms with Gasteiger partial charge in [0.25, 0.3) is 0 Å². The molecule has 110 valence electrons. The standard InChI is InChI=1S/C18H27NO/c1-13-12-20-17-11-7-6-10-16(17)18(13)19-14(2)15-8-4-3-5-9-15/h6-7,10-11,13-15,18-19H,3-5,8-9,12H2,1-2H3/t13?,14-,18?/m0/s1. The zero-order chi connectivity index (χ0) is 13.9. The van der Waals surface area contributed by atoms with Gasteiger partial charge in [-0.3, -0.25) is 0 Å². The van der Waals surface area contributed by atoms with Crippen molar-refractivity contribution in [1.29, 1.82) is 0 Å². The van der Waals surface area contributed by atoms with Crippen LogP contribution in [-0.4, -0.2) is 12.6 Å². The van der Waals surface area contributed by atoms with Crippen molar-refractivity contribution in [1.82, 2.24) is 5.32 Å². The van der Waals surface area contributed by atoms with Gasteiger partial charge in [-0.2, -0.15) is 0 Å². The van der Waals surface area contributed by atoms with Gasteiger partial charge in [-0.1, -0.05) is 44.4 Å². The van der Waals surface area contributed by atoms with Crippen LogP contribution in [0.1, 0.15) is 57.6 Å². The van der Waals surface area contributed by atoms with Gasteiger partial charge in [0.05, 0.1) is 6.61 Å². The minimum absolute atomic E-state index is 0.442. The number of ether oxygens (including phenoxy) is 1. The quantitative estimate of drug-likeness (QED) is 0.886. The van der Waals surface area contributed by atoms with Gasteiger partial charge in [-0.05, 0) is 31.7 Å². The van der Waals surface area contributed by atoms with Gasteiger partial charge in [0, 0.05) is 23.6 Å². The second-order valence-electron chi connectivity index (χ2n) is 6.66. The number of nitrogens with one attached hydrogen (secondary N) is 1. The second-order valence-corrected chi connectivity index (χ2v) is 6.66. The molecule has 2 unspecified atom stereocenters. The third-order valence-electron chi connectivity index (χ3n) is 5.12. The lowest BCUT2D eigenvalue weighted by Crippen LogP contribution is -2.42. The highest BCUT2D eigenvalue weighted by molar-refractivity contribution is 5.38. The Hall–Kier alpha value is -1.02. The van der Waals surface area contributed by atoms with Crippen molar-refractivity contribution < 1.29 is 4.74 Å². The van der Waals surface area contributed by atoms with Gasteiger partial charge in [-0.15, -0.1) is 0 Å². The molecular weight excluding hydrogens is 246 g/mol. The van der Waals surface area contributed by atoms with Crippen LogP contribution in [0.25, 0.3) is 0 Å². The van der Waals surface area contributed by atoms with Crippen molar-refractivity contribution in [3.05, 3.63) is 29.8 Å². The van der Waals surface area contributed by atoms with Crippen LogP contribution in [0, 0.1) is 11.8 Å². The Bertz CT molecular complexity index is 439. The third kappa shape index (κ3) is 2.85. The Morgan fingerprint density at radius 1 is 1.15 bits per heavy atom. The summed E-state index contributed by atoms with van der Waals surface area (Å²) in [4.78, 5) is 0. The van der Waals surface area contributed by atoms with E-state index in [1.807, 2.05) is 0 Å². The van der Waals surface area contributed by atoms with Crippen molar-refractivity contribution in [3.63, 3.8) is 0 Å². The molecule has 0 saturated heterocycles. The minimum Gasteiger partial charge on any atom is -0.493 e. The van der Waals surface area contributed by atoms with E-state index in [1.165, 1.54) is 37.7 Å². The highest BCUT2D eigenvalue weighted by Crippen LogP contribution is 2.36. The molecule has 3 rings (SSSR count). The molecule has 2 heteroatoms. The number of rotatable bonds is 3. The SMILES string of the molecule is CC1COc2ccccc2C1N[C@@H](C)C1CCCCC1. The highest BCUT2D eigenvalue weighted by atomic mass is 16.5. The van der Waals surface area contributed by atoms with Crippen LogP contribution in [0.3, 0.4) is 0 Å². The van der Waals surface area contributed by atoms with Crippen molar-refractivity contribution in [2.75, 3.05) is 6.61 Å². The van der Waals surface area contributed by atoms with E-state index in [0.29, 0.717) is 18.0 Å². The van der Waals surface area contributed by atoms with Crippen molar-refractivity contribution >= 4 is 0 Å². The zero-order valence-electron chi connectivity index (χ0n) is 12.8. The summed E-state index contributed by atoms with van der Waals surface area (Å²) in [5, 5.41) is 3.91. The summed E-state index contributed by atoms with van der Waals surface area (Å²) in [6.45, 7) is 5.49. The van der Waals surface area contributed by atoms with Crippen LogP contribution in [-0.2, 0) is 0 Å². The maximum Gasteiger partial charge on any atom is 0.124 e. The first-order chi connectivity index (χ1) is 9.75. The molecule has 20 heavy (non-hydrogen) atoms. The summed E-state index contributed by atoms with van der Waals surface area (Å²) in [5.74, 6) is 2.46. The fourth-order valence-corrected chi connectivity index (χ4v) is 3.80. The maximum atomic E-state index is 5.85. The zero-order valence-corrected chi connectivity index (χ0v) is 12.8. The van der Waals surface area contributed by atoms with E-state index in [9.17, 15) is 0 Å². The van der Waals surface area contributed by atoms with E-state index in [0.717, 1.165) is 18.3 Å². The van der Waals surface area contributed by atoms with Crippen LogP contribution in [0.4, 0.5) is 0 Å². The second kappa shape index (κ2) is 6.17. The monoisotopic (exact) mass is 273 g/mol. The smallest absolute Gasteiger partial charge is 0.124 e. The molecule has 0 radical (unpaired) electrons. The normalized spacial score (nSPS) is 28.5. The van der Waals surface area contributed by atoms with E-state index in [1.54, 1.807) is 0 Å². The highest BCUT2D eigenvalue weighted by Gasteiger charge is 2.30. The Kier molecular flexibility index (Phi) is 4.30. The topological polar surface area (TPSA) is 21.3 Å². The number of hydrogen-bond donors (Lipinski definition) is 1. The molecule has 1 aromatic carbocycles. The molecule has 1 aromatic rings. The fraction of sp³-hybridized carbons (Fsp3) is 0.667. The molecule has 1 N–H and O–H groups in total. The maximum absolute atomic E-state index is 5.85. The number of para-hydroxylation sites is 1. The average Bonchev–Trinajstić information content (AvgIpc) is 2.51. The first kappa shape index (κ1) is 13.9. The summed E-state index contributed by atoms with van der Waals surface area (Å²) >= 11 is 0. The molecule has 3 atom stereocenters. The lowest BCUT2D eigenvalue weighted by Gasteiger charge is -2.37. The van der Waals surface area contributed by atoms with Gasteiger partial charge in [0.2, 0.25) is 0 Å². The summed E-state index contributed by atoms with van der Waals surface area (Å²) in [5.41, 5.74) is 1.34. The molecule has 2 nitrogen and oxygen atoms in total. The van der Waals surface area contributed by atoms with Crippen molar-refractivity contribution in [2.45, 2.75) is 58.0 Å². The predicted octanol–water partition coefficient (Wildman–Crippen LogP) is 4.31.